The molecule has 0 radical (unpaired) electrons. The second kappa shape index (κ2) is 6.73. The molecule has 0 aliphatic rings. The van der Waals surface area contributed by atoms with Gasteiger partial charge in [0.05, 0.1) is 4.90 Å². The third-order valence-electron chi connectivity index (χ3n) is 3.10. The van der Waals surface area contributed by atoms with Crippen LogP contribution in [0.15, 0.2) is 29.2 Å². The normalized spacial score (nSPS) is 12.7. The highest BCUT2D eigenvalue weighted by Gasteiger charge is 2.24. The fraction of sp³-hybridized carbons (Fsp3) is 0.455. The van der Waals surface area contributed by atoms with Gasteiger partial charge in [-0.25, -0.2) is 0 Å². The van der Waals surface area contributed by atoms with Crippen molar-refractivity contribution >= 4 is 37.8 Å². The Kier molecular flexibility index (Phi) is 6.16. The van der Waals surface area contributed by atoms with Gasteiger partial charge in [0, 0.05) is 0 Å². The molecule has 3 unspecified atom stereocenters. The molecule has 0 aliphatic carbocycles. The van der Waals surface area contributed by atoms with Gasteiger partial charge in [0.2, 0.25) is 0 Å². The van der Waals surface area contributed by atoms with E-state index >= 15 is 0 Å². The topological polar surface area (TPSA) is 54.4 Å². The average molecular weight is 324 g/mol. The van der Waals surface area contributed by atoms with E-state index < -0.39 is 10.1 Å². The fourth-order valence-electron chi connectivity index (χ4n) is 1.68. The van der Waals surface area contributed by atoms with Gasteiger partial charge in [-0.3, -0.25) is 4.55 Å². The van der Waals surface area contributed by atoms with Gasteiger partial charge < -0.3 is 0 Å². The van der Waals surface area contributed by atoms with Gasteiger partial charge in [-0.1, -0.05) is 12.1 Å². The molecule has 0 amide bonds. The molecular formula is C11H19O3P3S. The van der Waals surface area contributed by atoms with Crippen molar-refractivity contribution in [3.8, 4) is 0 Å². The van der Waals surface area contributed by atoms with Crippen LogP contribution in [0.5, 0.6) is 0 Å². The lowest BCUT2D eigenvalue weighted by Gasteiger charge is -2.30. The van der Waals surface area contributed by atoms with Crippen LogP contribution < -0.4 is 0 Å². The minimum atomic E-state index is -4.09. The van der Waals surface area contributed by atoms with Crippen LogP contribution in [0.4, 0.5) is 0 Å². The lowest BCUT2D eigenvalue weighted by Crippen LogP contribution is -2.29. The molecule has 0 heterocycles. The summed E-state index contributed by atoms with van der Waals surface area (Å²) in [5, 5.41) is 0. The standard InChI is InChI=1S/C11H19O3P3S/c12-18(13,14)10-3-1-9(2-4-10)5-11(6-15,7-16)8-17/h1-4H,5-8,15-17H2,(H,12,13,14). The average Bonchev–Trinajstić information content (AvgIpc) is 2.36. The van der Waals surface area contributed by atoms with E-state index in [9.17, 15) is 8.42 Å². The van der Waals surface area contributed by atoms with Crippen molar-refractivity contribution in [2.24, 2.45) is 5.41 Å². The Balaban J connectivity index is 2.93. The van der Waals surface area contributed by atoms with Crippen LogP contribution in [0.25, 0.3) is 0 Å². The summed E-state index contributed by atoms with van der Waals surface area (Å²) in [6.07, 6.45) is 3.84. The zero-order valence-electron chi connectivity index (χ0n) is 10.0. The van der Waals surface area contributed by atoms with Crippen molar-refractivity contribution in [1.82, 2.24) is 0 Å². The molecule has 1 aromatic rings. The predicted molar refractivity (Wildman–Crippen MR) is 86.1 cm³/mol. The first-order valence-corrected chi connectivity index (χ1v) is 9.42. The van der Waals surface area contributed by atoms with Gasteiger partial charge in [-0.15, -0.1) is 27.7 Å². The van der Waals surface area contributed by atoms with E-state index in [-0.39, 0.29) is 10.3 Å². The van der Waals surface area contributed by atoms with Crippen molar-refractivity contribution < 1.29 is 13.0 Å². The summed E-state index contributed by atoms with van der Waals surface area (Å²) in [6, 6.07) is 6.42. The number of benzene rings is 1. The summed E-state index contributed by atoms with van der Waals surface area (Å²) < 4.78 is 30.8. The largest absolute Gasteiger partial charge is 0.294 e. The van der Waals surface area contributed by atoms with Crippen LogP contribution in [0.1, 0.15) is 5.56 Å². The highest BCUT2D eigenvalue weighted by atomic mass is 32.2. The Morgan fingerprint density at radius 2 is 1.44 bits per heavy atom. The van der Waals surface area contributed by atoms with Crippen LogP contribution in [-0.4, -0.2) is 31.5 Å². The van der Waals surface area contributed by atoms with Gasteiger partial charge in [-0.2, -0.15) is 8.42 Å². The number of hydrogen-bond acceptors (Lipinski definition) is 2. The van der Waals surface area contributed by atoms with Crippen LogP contribution in [0.2, 0.25) is 0 Å². The van der Waals surface area contributed by atoms with Crippen molar-refractivity contribution in [3.63, 3.8) is 0 Å². The first-order valence-electron chi connectivity index (χ1n) is 5.53. The highest BCUT2D eigenvalue weighted by Crippen LogP contribution is 2.30. The minimum absolute atomic E-state index is 0.0560. The van der Waals surface area contributed by atoms with E-state index in [4.69, 9.17) is 4.55 Å². The lowest BCUT2D eigenvalue weighted by atomic mass is 9.87. The van der Waals surface area contributed by atoms with E-state index in [1.807, 2.05) is 0 Å². The van der Waals surface area contributed by atoms with Crippen LogP contribution in [0.3, 0.4) is 0 Å². The molecule has 102 valence electrons. The molecule has 0 aliphatic heterocycles. The summed E-state index contributed by atoms with van der Waals surface area (Å²) in [7, 11) is 4.23. The Labute approximate surface area is 116 Å². The quantitative estimate of drug-likeness (QED) is 0.644. The molecule has 7 heteroatoms. The summed E-state index contributed by atoms with van der Waals surface area (Å²) in [5.41, 5.74) is 1.26. The molecule has 0 aromatic heterocycles. The van der Waals surface area contributed by atoms with Gasteiger partial charge in [0.25, 0.3) is 10.1 Å². The van der Waals surface area contributed by atoms with E-state index in [1.54, 1.807) is 12.1 Å². The van der Waals surface area contributed by atoms with Gasteiger partial charge in [-0.05, 0) is 48.0 Å². The predicted octanol–water partition coefficient (Wildman–Crippen LogP) is 2.09. The maximum atomic E-state index is 10.9. The van der Waals surface area contributed by atoms with Gasteiger partial charge >= 0.3 is 0 Å². The number of hydrogen-bond donors (Lipinski definition) is 1. The summed E-state index contributed by atoms with van der Waals surface area (Å²) in [5.74, 6) is 0. The second-order valence-electron chi connectivity index (χ2n) is 4.41. The van der Waals surface area contributed by atoms with Crippen LogP contribution >= 0.6 is 27.7 Å². The highest BCUT2D eigenvalue weighted by molar-refractivity contribution is 7.85. The van der Waals surface area contributed by atoms with Crippen molar-refractivity contribution in [1.29, 1.82) is 0 Å². The molecule has 0 fully saturated rings. The minimum Gasteiger partial charge on any atom is -0.282 e. The Morgan fingerprint density at radius 1 is 1.00 bits per heavy atom. The molecule has 1 aromatic carbocycles. The van der Waals surface area contributed by atoms with E-state index in [0.717, 1.165) is 30.5 Å². The van der Waals surface area contributed by atoms with E-state index in [1.165, 1.54) is 12.1 Å². The maximum Gasteiger partial charge on any atom is 0.294 e. The van der Waals surface area contributed by atoms with Crippen LogP contribution in [0, 0.1) is 5.41 Å². The molecule has 0 spiro atoms. The van der Waals surface area contributed by atoms with Gasteiger partial charge in [0.15, 0.2) is 0 Å². The Morgan fingerprint density at radius 3 is 1.78 bits per heavy atom. The molecule has 0 bridgehead atoms. The first-order chi connectivity index (χ1) is 8.37. The second-order valence-corrected chi connectivity index (χ2v) is 7.05. The zero-order chi connectivity index (χ0) is 13.8. The molecule has 3 atom stereocenters. The molecule has 3 nitrogen and oxygen atoms in total. The number of rotatable bonds is 6. The third kappa shape index (κ3) is 4.22. The molecule has 0 saturated carbocycles. The van der Waals surface area contributed by atoms with Crippen molar-refractivity contribution in [2.75, 3.05) is 18.5 Å². The molecule has 0 saturated heterocycles. The van der Waals surface area contributed by atoms with E-state index in [2.05, 4.69) is 27.7 Å². The Bertz CT molecular complexity index is 472. The zero-order valence-corrected chi connectivity index (χ0v) is 14.3. The summed E-state index contributed by atoms with van der Waals surface area (Å²) in [6.45, 7) is 0. The molecule has 1 N–H and O–H groups in total. The van der Waals surface area contributed by atoms with Gasteiger partial charge in [0.1, 0.15) is 0 Å². The molecule has 1 rings (SSSR count). The maximum absolute atomic E-state index is 10.9. The third-order valence-corrected chi connectivity index (χ3v) is 6.57. The first kappa shape index (κ1) is 16.5. The van der Waals surface area contributed by atoms with Crippen molar-refractivity contribution in [3.05, 3.63) is 29.8 Å². The smallest absolute Gasteiger partial charge is 0.282 e. The molecule has 18 heavy (non-hydrogen) atoms. The van der Waals surface area contributed by atoms with Crippen molar-refractivity contribution in [2.45, 2.75) is 11.3 Å². The van der Waals surface area contributed by atoms with Crippen LogP contribution in [-0.2, 0) is 16.5 Å². The summed E-state index contributed by atoms with van der Waals surface area (Å²) in [4.78, 5) is -0.0560. The van der Waals surface area contributed by atoms with E-state index in [0.29, 0.717) is 0 Å². The summed E-state index contributed by atoms with van der Waals surface area (Å²) >= 11 is 0. The SMILES string of the molecule is O=S(=O)(O)c1ccc(CC(CP)(CP)CP)cc1. The fourth-order valence-corrected chi connectivity index (χ4v) is 4.59. The molecular weight excluding hydrogens is 305 g/mol. The lowest BCUT2D eigenvalue weighted by molar-refractivity contribution is 0.441. The monoisotopic (exact) mass is 324 g/mol. The Hall–Kier alpha value is 0.420.